The van der Waals surface area contributed by atoms with E-state index < -0.39 is 0 Å². The van der Waals surface area contributed by atoms with E-state index in [0.29, 0.717) is 12.4 Å². The standard InChI is InChI=1S/C17H26O2S/c1-2-3-4-5-6-7-11-14-19-17(18)15-20-16-12-9-8-10-13-16/h8-10,12-13H,2-7,11,14-15H2,1H3. The molecule has 1 aromatic rings. The van der Waals surface area contributed by atoms with Crippen LogP contribution in [0.1, 0.15) is 51.9 Å². The van der Waals surface area contributed by atoms with Crippen molar-refractivity contribution in [3.8, 4) is 0 Å². The van der Waals surface area contributed by atoms with Crippen molar-refractivity contribution in [2.24, 2.45) is 0 Å². The van der Waals surface area contributed by atoms with Gasteiger partial charge in [-0.3, -0.25) is 4.79 Å². The minimum Gasteiger partial charge on any atom is -0.465 e. The fraction of sp³-hybridized carbons (Fsp3) is 0.588. The number of hydrogen-bond acceptors (Lipinski definition) is 3. The van der Waals surface area contributed by atoms with Crippen LogP contribution in [0.25, 0.3) is 0 Å². The third-order valence-electron chi connectivity index (χ3n) is 3.11. The normalized spacial score (nSPS) is 10.4. The number of rotatable bonds is 11. The summed E-state index contributed by atoms with van der Waals surface area (Å²) >= 11 is 1.53. The number of hydrogen-bond donors (Lipinski definition) is 0. The van der Waals surface area contributed by atoms with Crippen LogP contribution < -0.4 is 0 Å². The van der Waals surface area contributed by atoms with Crippen molar-refractivity contribution < 1.29 is 9.53 Å². The molecule has 0 spiro atoms. The Hall–Kier alpha value is -0.960. The molecule has 3 heteroatoms. The summed E-state index contributed by atoms with van der Waals surface area (Å²) in [7, 11) is 0. The molecule has 0 unspecified atom stereocenters. The molecule has 0 saturated carbocycles. The molecule has 0 fully saturated rings. The number of unbranched alkanes of at least 4 members (excludes halogenated alkanes) is 6. The molecule has 0 N–H and O–H groups in total. The zero-order chi connectivity index (χ0) is 14.5. The number of carbonyl (C=O) groups excluding carboxylic acids is 1. The van der Waals surface area contributed by atoms with Crippen LogP contribution in [0.5, 0.6) is 0 Å². The number of thioether (sulfide) groups is 1. The van der Waals surface area contributed by atoms with Gasteiger partial charge in [0.2, 0.25) is 0 Å². The Kier molecular flexibility index (Phi) is 10.1. The zero-order valence-corrected chi connectivity index (χ0v) is 13.3. The van der Waals surface area contributed by atoms with Crippen LogP contribution >= 0.6 is 11.8 Å². The Morgan fingerprint density at radius 1 is 1.00 bits per heavy atom. The summed E-state index contributed by atoms with van der Waals surface area (Å²) in [6, 6.07) is 9.95. The van der Waals surface area contributed by atoms with Crippen molar-refractivity contribution in [2.45, 2.75) is 56.8 Å². The van der Waals surface area contributed by atoms with Gasteiger partial charge in [-0.15, -0.1) is 11.8 Å². The first-order valence-electron chi connectivity index (χ1n) is 7.66. The Labute approximate surface area is 127 Å². The van der Waals surface area contributed by atoms with Gasteiger partial charge >= 0.3 is 5.97 Å². The Balaban J connectivity index is 1.93. The van der Waals surface area contributed by atoms with Crippen molar-refractivity contribution in [1.29, 1.82) is 0 Å². The van der Waals surface area contributed by atoms with Crippen LogP contribution in [0.3, 0.4) is 0 Å². The van der Waals surface area contributed by atoms with Crippen molar-refractivity contribution in [2.75, 3.05) is 12.4 Å². The number of esters is 1. The quantitative estimate of drug-likeness (QED) is 0.324. The monoisotopic (exact) mass is 294 g/mol. The van der Waals surface area contributed by atoms with E-state index in [-0.39, 0.29) is 5.97 Å². The zero-order valence-electron chi connectivity index (χ0n) is 12.5. The topological polar surface area (TPSA) is 26.3 Å². The maximum Gasteiger partial charge on any atom is 0.316 e. The Morgan fingerprint density at radius 3 is 2.35 bits per heavy atom. The lowest BCUT2D eigenvalue weighted by Crippen LogP contribution is -2.08. The number of ether oxygens (including phenoxy) is 1. The highest BCUT2D eigenvalue weighted by atomic mass is 32.2. The minimum absolute atomic E-state index is 0.107. The summed E-state index contributed by atoms with van der Waals surface area (Å²) in [6.07, 6.45) is 8.70. The average molecular weight is 294 g/mol. The second-order valence-electron chi connectivity index (χ2n) is 4.94. The maximum absolute atomic E-state index is 11.5. The fourth-order valence-electron chi connectivity index (χ4n) is 1.95. The van der Waals surface area contributed by atoms with Crippen LogP contribution in [0, 0.1) is 0 Å². The predicted molar refractivity (Wildman–Crippen MR) is 86.1 cm³/mol. The summed E-state index contributed by atoms with van der Waals surface area (Å²) in [4.78, 5) is 12.7. The van der Waals surface area contributed by atoms with Gasteiger partial charge in [0.15, 0.2) is 0 Å². The van der Waals surface area contributed by atoms with Gasteiger partial charge in [0.25, 0.3) is 0 Å². The van der Waals surface area contributed by atoms with E-state index in [0.717, 1.165) is 11.3 Å². The first kappa shape index (κ1) is 17.1. The van der Waals surface area contributed by atoms with Crippen LogP contribution in [-0.4, -0.2) is 18.3 Å². The van der Waals surface area contributed by atoms with Crippen LogP contribution in [0.2, 0.25) is 0 Å². The highest BCUT2D eigenvalue weighted by molar-refractivity contribution is 8.00. The molecule has 0 heterocycles. The van der Waals surface area contributed by atoms with E-state index >= 15 is 0 Å². The smallest absolute Gasteiger partial charge is 0.316 e. The summed E-state index contributed by atoms with van der Waals surface area (Å²) in [5.74, 6) is 0.297. The van der Waals surface area contributed by atoms with Crippen molar-refractivity contribution in [3.05, 3.63) is 30.3 Å². The summed E-state index contributed by atoms with van der Waals surface area (Å²) in [6.45, 7) is 2.80. The van der Waals surface area contributed by atoms with Gasteiger partial charge < -0.3 is 4.74 Å². The largest absolute Gasteiger partial charge is 0.465 e. The molecule has 0 aliphatic carbocycles. The van der Waals surface area contributed by atoms with Gasteiger partial charge in [-0.05, 0) is 18.6 Å². The summed E-state index contributed by atoms with van der Waals surface area (Å²) in [5.41, 5.74) is 0. The number of carbonyl (C=O) groups is 1. The molecule has 0 aromatic heterocycles. The predicted octanol–water partition coefficient (Wildman–Crippen LogP) is 5.07. The van der Waals surface area contributed by atoms with Crippen molar-refractivity contribution in [1.82, 2.24) is 0 Å². The maximum atomic E-state index is 11.5. The third kappa shape index (κ3) is 9.03. The molecule has 0 saturated heterocycles. The second kappa shape index (κ2) is 11.8. The first-order valence-corrected chi connectivity index (χ1v) is 8.65. The SMILES string of the molecule is CCCCCCCCCOC(=O)CSc1ccccc1. The molecular formula is C17H26O2S. The molecule has 20 heavy (non-hydrogen) atoms. The highest BCUT2D eigenvalue weighted by Crippen LogP contribution is 2.16. The highest BCUT2D eigenvalue weighted by Gasteiger charge is 2.03. The van der Waals surface area contributed by atoms with Gasteiger partial charge in [0.05, 0.1) is 12.4 Å². The van der Waals surface area contributed by atoms with Crippen molar-refractivity contribution >= 4 is 17.7 Å². The molecule has 0 aliphatic heterocycles. The molecule has 0 aliphatic rings. The van der Waals surface area contributed by atoms with E-state index in [1.165, 1.54) is 50.3 Å². The molecule has 0 amide bonds. The lowest BCUT2D eigenvalue weighted by atomic mass is 10.1. The van der Waals surface area contributed by atoms with Gasteiger partial charge in [-0.1, -0.05) is 63.6 Å². The molecule has 0 bridgehead atoms. The van der Waals surface area contributed by atoms with Crippen LogP contribution in [0.4, 0.5) is 0 Å². The van der Waals surface area contributed by atoms with E-state index in [2.05, 4.69) is 6.92 Å². The number of benzene rings is 1. The molecular weight excluding hydrogens is 268 g/mol. The minimum atomic E-state index is -0.107. The van der Waals surface area contributed by atoms with E-state index in [9.17, 15) is 4.79 Å². The molecule has 1 rings (SSSR count). The first-order chi connectivity index (χ1) is 9.83. The van der Waals surface area contributed by atoms with Gasteiger partial charge in [-0.25, -0.2) is 0 Å². The Morgan fingerprint density at radius 2 is 1.65 bits per heavy atom. The van der Waals surface area contributed by atoms with Gasteiger partial charge in [0.1, 0.15) is 0 Å². The molecule has 2 nitrogen and oxygen atoms in total. The van der Waals surface area contributed by atoms with Gasteiger partial charge in [0, 0.05) is 4.90 Å². The Bertz CT molecular complexity index is 351. The van der Waals surface area contributed by atoms with E-state index in [4.69, 9.17) is 4.74 Å². The third-order valence-corrected chi connectivity index (χ3v) is 4.10. The average Bonchev–Trinajstić information content (AvgIpc) is 2.49. The lowest BCUT2D eigenvalue weighted by molar-refractivity contribution is -0.140. The van der Waals surface area contributed by atoms with E-state index in [1.807, 2.05) is 30.3 Å². The molecule has 1 aromatic carbocycles. The van der Waals surface area contributed by atoms with Gasteiger partial charge in [-0.2, -0.15) is 0 Å². The van der Waals surface area contributed by atoms with Crippen molar-refractivity contribution in [3.63, 3.8) is 0 Å². The summed E-state index contributed by atoms with van der Waals surface area (Å²) in [5, 5.41) is 0. The van der Waals surface area contributed by atoms with Crippen LogP contribution in [0.15, 0.2) is 35.2 Å². The van der Waals surface area contributed by atoms with Crippen LogP contribution in [-0.2, 0) is 9.53 Å². The van der Waals surface area contributed by atoms with E-state index in [1.54, 1.807) is 0 Å². The second-order valence-corrected chi connectivity index (χ2v) is 5.99. The lowest BCUT2D eigenvalue weighted by Gasteiger charge is -2.05. The summed E-state index contributed by atoms with van der Waals surface area (Å²) < 4.78 is 5.23. The molecule has 112 valence electrons. The molecule has 0 atom stereocenters. The molecule has 0 radical (unpaired) electrons. The fourth-order valence-corrected chi connectivity index (χ4v) is 2.66.